The lowest BCUT2D eigenvalue weighted by molar-refractivity contribution is -0.383. The molecular weight excluding hydrogens is 210 g/mol. The van der Waals surface area contributed by atoms with Crippen LogP contribution in [-0.4, -0.2) is 9.91 Å². The summed E-state index contributed by atoms with van der Waals surface area (Å²) >= 11 is 0. The van der Waals surface area contributed by atoms with Gasteiger partial charge in [0, 0.05) is 28.2 Å². The molecule has 0 N–H and O–H groups in total. The number of nitro groups is 1. The third kappa shape index (κ3) is 1.51. The van der Waals surface area contributed by atoms with Crippen molar-refractivity contribution in [3.63, 3.8) is 0 Å². The topological polar surface area (TPSA) is 105 Å². The van der Waals surface area contributed by atoms with Crippen LogP contribution in [0.5, 0.6) is 0 Å². The molecule has 0 aliphatic heterocycles. The van der Waals surface area contributed by atoms with Crippen LogP contribution in [0.4, 0.5) is 11.4 Å². The largest absolute Gasteiger partial charge is 0.295 e. The zero-order valence-corrected chi connectivity index (χ0v) is 7.94. The van der Waals surface area contributed by atoms with Gasteiger partial charge in [0.2, 0.25) is 0 Å². The first-order chi connectivity index (χ1) is 7.74. The molecule has 1 aromatic heterocycles. The first kappa shape index (κ1) is 9.88. The first-order valence-electron chi connectivity index (χ1n) is 4.31. The maximum atomic E-state index is 10.7. The molecule has 7 nitrogen and oxygen atoms in total. The Morgan fingerprint density at radius 1 is 1.44 bits per heavy atom. The molecule has 0 aliphatic carbocycles. The highest BCUT2D eigenvalue weighted by Gasteiger charge is 2.14. The van der Waals surface area contributed by atoms with Crippen LogP contribution in [-0.2, 0) is 0 Å². The van der Waals surface area contributed by atoms with E-state index < -0.39 is 4.92 Å². The molecule has 0 saturated carbocycles. The van der Waals surface area contributed by atoms with Gasteiger partial charge in [-0.25, -0.2) is 4.98 Å². The van der Waals surface area contributed by atoms with Gasteiger partial charge in [0.05, 0.1) is 4.92 Å². The second-order valence-corrected chi connectivity index (χ2v) is 2.95. The summed E-state index contributed by atoms with van der Waals surface area (Å²) < 4.78 is 0. The number of hydrogen-bond donors (Lipinski definition) is 0. The lowest BCUT2D eigenvalue weighted by Crippen LogP contribution is -1.91. The number of hydrogen-bond acceptors (Lipinski definition) is 4. The molecule has 0 spiro atoms. The third-order valence-electron chi connectivity index (χ3n) is 2.07. The maximum absolute atomic E-state index is 10.7. The van der Waals surface area contributed by atoms with Gasteiger partial charge in [-0.05, 0) is 17.7 Å². The van der Waals surface area contributed by atoms with E-state index in [0.29, 0.717) is 11.1 Å². The number of nitrogens with zero attached hydrogens (tertiary/aromatic N) is 5. The molecule has 0 unspecified atom stereocenters. The minimum atomic E-state index is -0.519. The number of non-ortho nitro benzene ring substituents is 1. The first-order valence-corrected chi connectivity index (χ1v) is 4.31. The van der Waals surface area contributed by atoms with Gasteiger partial charge in [0.25, 0.3) is 5.69 Å². The van der Waals surface area contributed by atoms with Crippen LogP contribution in [0.2, 0.25) is 0 Å². The van der Waals surface area contributed by atoms with Crippen molar-refractivity contribution >= 4 is 22.3 Å². The Morgan fingerprint density at radius 2 is 2.25 bits per heavy atom. The fraction of sp³-hybridized carbons (Fsp3) is 0. The van der Waals surface area contributed by atoms with E-state index >= 15 is 0 Å². The van der Waals surface area contributed by atoms with Gasteiger partial charge in [-0.1, -0.05) is 11.2 Å². The summed E-state index contributed by atoms with van der Waals surface area (Å²) in [4.78, 5) is 16.8. The smallest absolute Gasteiger partial charge is 0.258 e. The summed E-state index contributed by atoms with van der Waals surface area (Å²) in [5.74, 6) is 0. The monoisotopic (exact) mass is 215 g/mol. The number of aromatic nitrogens is 1. The Bertz CT molecular complexity index is 578. The van der Waals surface area contributed by atoms with Crippen molar-refractivity contribution < 1.29 is 4.92 Å². The molecular formula is C9H5N5O2. The molecule has 2 rings (SSSR count). The van der Waals surface area contributed by atoms with Crippen molar-refractivity contribution in [3.8, 4) is 0 Å². The normalized spacial score (nSPS) is 9.75. The van der Waals surface area contributed by atoms with E-state index in [1.807, 2.05) is 0 Å². The Kier molecular flexibility index (Phi) is 2.37. The van der Waals surface area contributed by atoms with Crippen LogP contribution in [0.3, 0.4) is 0 Å². The third-order valence-corrected chi connectivity index (χ3v) is 2.07. The van der Waals surface area contributed by atoms with Crippen LogP contribution in [0, 0.1) is 10.1 Å². The Hall–Kier alpha value is -2.66. The Labute approximate surface area is 89.1 Å². The summed E-state index contributed by atoms with van der Waals surface area (Å²) in [6, 6.07) is 5.93. The van der Waals surface area contributed by atoms with E-state index in [-0.39, 0.29) is 11.2 Å². The summed E-state index contributed by atoms with van der Waals surface area (Å²) in [6.07, 6.45) is 1.45. The number of fused-ring (bicyclic) bond motifs is 1. The summed E-state index contributed by atoms with van der Waals surface area (Å²) in [6.45, 7) is 0. The number of nitro benzene ring substituents is 1. The molecule has 0 amide bonds. The maximum Gasteiger partial charge on any atom is 0.295 e. The van der Waals surface area contributed by atoms with Gasteiger partial charge < -0.3 is 0 Å². The number of benzene rings is 1. The van der Waals surface area contributed by atoms with Crippen LogP contribution >= 0.6 is 0 Å². The lowest BCUT2D eigenvalue weighted by atomic mass is 10.1. The molecule has 0 atom stereocenters. The minimum Gasteiger partial charge on any atom is -0.258 e. The summed E-state index contributed by atoms with van der Waals surface area (Å²) in [5.41, 5.74) is 8.81. The molecule has 0 aliphatic rings. The highest BCUT2D eigenvalue weighted by Crippen LogP contribution is 2.31. The molecule has 0 fully saturated rings. The van der Waals surface area contributed by atoms with E-state index in [1.165, 1.54) is 18.3 Å². The van der Waals surface area contributed by atoms with Crippen molar-refractivity contribution in [2.45, 2.75) is 0 Å². The predicted molar refractivity (Wildman–Crippen MR) is 57.2 cm³/mol. The van der Waals surface area contributed by atoms with Crippen molar-refractivity contribution in [2.75, 3.05) is 0 Å². The summed E-state index contributed by atoms with van der Waals surface area (Å²) in [5, 5.41) is 14.7. The number of rotatable bonds is 2. The predicted octanol–water partition coefficient (Wildman–Crippen LogP) is 3.08. The van der Waals surface area contributed by atoms with Crippen molar-refractivity contribution in [1.29, 1.82) is 0 Å². The van der Waals surface area contributed by atoms with E-state index in [4.69, 9.17) is 5.53 Å². The van der Waals surface area contributed by atoms with Crippen molar-refractivity contribution in [3.05, 3.63) is 51.0 Å². The second kappa shape index (κ2) is 3.84. The lowest BCUT2D eigenvalue weighted by Gasteiger charge is -2.00. The van der Waals surface area contributed by atoms with Crippen molar-refractivity contribution in [1.82, 2.24) is 4.98 Å². The van der Waals surface area contributed by atoms with Gasteiger partial charge in [-0.15, -0.1) is 0 Å². The van der Waals surface area contributed by atoms with Gasteiger partial charge >= 0.3 is 0 Å². The van der Waals surface area contributed by atoms with Crippen LogP contribution in [0.15, 0.2) is 35.6 Å². The van der Waals surface area contributed by atoms with E-state index in [2.05, 4.69) is 15.0 Å². The quantitative estimate of drug-likeness (QED) is 0.252. The second-order valence-electron chi connectivity index (χ2n) is 2.95. The Balaban J connectivity index is 2.87. The SMILES string of the molecule is [N-]=[N+]=Nc1ccc([N+](=O)[O-])c2ncccc12. The molecule has 7 heteroatoms. The van der Waals surface area contributed by atoms with Gasteiger partial charge in [0.1, 0.15) is 5.52 Å². The minimum absolute atomic E-state index is 0.104. The number of azide groups is 1. The molecule has 0 bridgehead atoms. The fourth-order valence-corrected chi connectivity index (χ4v) is 1.43. The van der Waals surface area contributed by atoms with Gasteiger partial charge in [-0.3, -0.25) is 10.1 Å². The zero-order valence-electron chi connectivity index (χ0n) is 7.94. The van der Waals surface area contributed by atoms with E-state index in [9.17, 15) is 10.1 Å². The fourth-order valence-electron chi connectivity index (χ4n) is 1.43. The highest BCUT2D eigenvalue weighted by atomic mass is 16.6. The van der Waals surface area contributed by atoms with Gasteiger partial charge in [0.15, 0.2) is 0 Å². The standard InChI is InChI=1S/C9H5N5O2/c10-13-12-7-3-4-8(14(15)16)9-6(7)2-1-5-11-9/h1-5H. The van der Waals surface area contributed by atoms with E-state index in [1.54, 1.807) is 12.1 Å². The van der Waals surface area contributed by atoms with Crippen LogP contribution < -0.4 is 0 Å². The van der Waals surface area contributed by atoms with Gasteiger partial charge in [-0.2, -0.15) is 0 Å². The number of pyridine rings is 1. The summed E-state index contributed by atoms with van der Waals surface area (Å²) in [7, 11) is 0. The van der Waals surface area contributed by atoms with Crippen molar-refractivity contribution in [2.24, 2.45) is 5.11 Å². The molecule has 16 heavy (non-hydrogen) atoms. The van der Waals surface area contributed by atoms with E-state index in [0.717, 1.165) is 0 Å². The van der Waals surface area contributed by atoms with Crippen LogP contribution in [0.1, 0.15) is 0 Å². The zero-order chi connectivity index (χ0) is 11.5. The Morgan fingerprint density at radius 3 is 2.94 bits per heavy atom. The average Bonchev–Trinajstić information content (AvgIpc) is 2.29. The van der Waals surface area contributed by atoms with Crippen LogP contribution in [0.25, 0.3) is 21.3 Å². The molecule has 0 radical (unpaired) electrons. The highest BCUT2D eigenvalue weighted by molar-refractivity contribution is 5.95. The average molecular weight is 215 g/mol. The molecule has 0 saturated heterocycles. The molecule has 1 heterocycles. The molecule has 2 aromatic rings. The molecule has 1 aromatic carbocycles. The molecule has 78 valence electrons.